The fourth-order valence-corrected chi connectivity index (χ4v) is 2.23. The fourth-order valence-electron chi connectivity index (χ4n) is 2.23. The van der Waals surface area contributed by atoms with Crippen molar-refractivity contribution in [2.75, 3.05) is 5.32 Å². The third-order valence-electron chi connectivity index (χ3n) is 3.24. The maximum atomic E-state index is 13.3. The molecule has 0 bridgehead atoms. The smallest absolute Gasteiger partial charge is 0.356 e. The van der Waals surface area contributed by atoms with Crippen molar-refractivity contribution in [1.29, 1.82) is 0 Å². The maximum absolute atomic E-state index is 13.3. The van der Waals surface area contributed by atoms with E-state index in [9.17, 15) is 22.8 Å². The predicted molar refractivity (Wildman–Crippen MR) is 80.6 cm³/mol. The van der Waals surface area contributed by atoms with Gasteiger partial charge in [-0.15, -0.1) is 0 Å². The third kappa shape index (κ3) is 3.82. The van der Waals surface area contributed by atoms with Crippen LogP contribution in [0.15, 0.2) is 46.0 Å². The van der Waals surface area contributed by atoms with Crippen LogP contribution in [0.1, 0.15) is 31.5 Å². The fraction of sp³-hybridized carbons (Fsp3) is 0.333. The van der Waals surface area contributed by atoms with E-state index in [1.807, 2.05) is 0 Å². The molecule has 1 aromatic heterocycles. The number of H-pyrrole nitrogens is 1. The van der Waals surface area contributed by atoms with E-state index in [1.165, 1.54) is 24.3 Å². The molecule has 0 aliphatic heterocycles. The number of hydrogen-bond donors (Lipinski definition) is 2. The Labute approximate surface area is 129 Å². The lowest BCUT2D eigenvalue weighted by molar-refractivity contribution is -0.144. The van der Waals surface area contributed by atoms with Crippen LogP contribution in [0, 0.1) is 0 Å². The zero-order valence-corrected chi connectivity index (χ0v) is 12.5. The van der Waals surface area contributed by atoms with E-state index in [0.717, 1.165) is 10.6 Å². The number of anilines is 1. The van der Waals surface area contributed by atoms with Crippen LogP contribution < -0.4 is 16.6 Å². The van der Waals surface area contributed by atoms with Gasteiger partial charge in [-0.2, -0.15) is 13.2 Å². The Balaban J connectivity index is 2.43. The van der Waals surface area contributed by atoms with Crippen LogP contribution in [0.25, 0.3) is 0 Å². The van der Waals surface area contributed by atoms with Gasteiger partial charge in [-0.25, -0.2) is 4.79 Å². The van der Waals surface area contributed by atoms with Crippen LogP contribution in [0.2, 0.25) is 0 Å². The standard InChI is InChI=1S/C15H16F3N3O2/c1-9(2)21-12(22)8-11(20-14(21)23)19-13(15(16,17)18)10-6-4-3-5-7-10/h3-9,13,19H,1-2H3,(H,20,23). The highest BCUT2D eigenvalue weighted by Crippen LogP contribution is 2.34. The molecule has 8 heteroatoms. The Morgan fingerprint density at radius 3 is 2.22 bits per heavy atom. The normalized spacial score (nSPS) is 13.1. The highest BCUT2D eigenvalue weighted by molar-refractivity contribution is 5.38. The summed E-state index contributed by atoms with van der Waals surface area (Å²) in [5.41, 5.74) is -1.45. The van der Waals surface area contributed by atoms with E-state index < -0.39 is 29.5 Å². The summed E-state index contributed by atoms with van der Waals surface area (Å²) >= 11 is 0. The quantitative estimate of drug-likeness (QED) is 0.907. The van der Waals surface area contributed by atoms with Gasteiger partial charge in [-0.3, -0.25) is 14.3 Å². The van der Waals surface area contributed by atoms with Crippen molar-refractivity contribution < 1.29 is 13.2 Å². The summed E-state index contributed by atoms with van der Waals surface area (Å²) in [5.74, 6) is -0.275. The number of hydrogen-bond acceptors (Lipinski definition) is 3. The van der Waals surface area contributed by atoms with Gasteiger partial charge in [0.25, 0.3) is 5.56 Å². The van der Waals surface area contributed by atoms with Crippen LogP contribution in [-0.4, -0.2) is 15.7 Å². The van der Waals surface area contributed by atoms with Gasteiger partial charge in [0.1, 0.15) is 11.9 Å². The number of aromatic amines is 1. The molecule has 2 rings (SSSR count). The first-order valence-electron chi connectivity index (χ1n) is 6.94. The van der Waals surface area contributed by atoms with E-state index in [2.05, 4.69) is 10.3 Å². The summed E-state index contributed by atoms with van der Waals surface area (Å²) in [5, 5.41) is 2.19. The molecular formula is C15H16F3N3O2. The van der Waals surface area contributed by atoms with Crippen LogP contribution in [-0.2, 0) is 0 Å². The second-order valence-electron chi connectivity index (χ2n) is 5.32. The van der Waals surface area contributed by atoms with Gasteiger partial charge in [0, 0.05) is 12.1 Å². The highest BCUT2D eigenvalue weighted by atomic mass is 19.4. The van der Waals surface area contributed by atoms with Crippen molar-refractivity contribution in [2.24, 2.45) is 0 Å². The molecule has 0 fully saturated rings. The zero-order valence-electron chi connectivity index (χ0n) is 12.5. The number of alkyl halides is 3. The summed E-state index contributed by atoms with van der Waals surface area (Å²) < 4.78 is 40.7. The number of rotatable bonds is 4. The topological polar surface area (TPSA) is 66.9 Å². The van der Waals surface area contributed by atoms with Gasteiger partial charge < -0.3 is 5.32 Å². The van der Waals surface area contributed by atoms with E-state index in [0.29, 0.717) is 0 Å². The molecular weight excluding hydrogens is 311 g/mol. The first-order chi connectivity index (χ1) is 10.7. The van der Waals surface area contributed by atoms with Gasteiger partial charge >= 0.3 is 11.9 Å². The summed E-state index contributed by atoms with van der Waals surface area (Å²) in [4.78, 5) is 26.0. The van der Waals surface area contributed by atoms with E-state index >= 15 is 0 Å². The second kappa shape index (κ2) is 6.31. The minimum atomic E-state index is -4.59. The van der Waals surface area contributed by atoms with E-state index in [4.69, 9.17) is 0 Å². The number of aromatic nitrogens is 2. The van der Waals surface area contributed by atoms with Crippen molar-refractivity contribution in [2.45, 2.75) is 32.1 Å². The Morgan fingerprint density at radius 2 is 1.74 bits per heavy atom. The Bertz CT molecular complexity index is 748. The molecule has 1 unspecified atom stereocenters. The minimum absolute atomic E-state index is 0.0195. The predicted octanol–water partition coefficient (Wildman–Crippen LogP) is 2.83. The Hall–Kier alpha value is -2.51. The number of nitrogens with one attached hydrogen (secondary N) is 2. The summed E-state index contributed by atoms with van der Waals surface area (Å²) in [7, 11) is 0. The van der Waals surface area contributed by atoms with Crippen molar-refractivity contribution in [1.82, 2.24) is 9.55 Å². The lowest BCUT2D eigenvalue weighted by atomic mass is 10.1. The first kappa shape index (κ1) is 16.9. The van der Waals surface area contributed by atoms with Crippen LogP contribution in [0.5, 0.6) is 0 Å². The monoisotopic (exact) mass is 327 g/mol. The molecule has 1 aromatic carbocycles. The molecule has 0 spiro atoms. The molecule has 0 aliphatic rings. The van der Waals surface area contributed by atoms with Crippen molar-refractivity contribution in [3.8, 4) is 0 Å². The molecule has 0 saturated carbocycles. The molecule has 124 valence electrons. The Morgan fingerprint density at radius 1 is 1.13 bits per heavy atom. The molecule has 0 radical (unpaired) electrons. The molecule has 0 aliphatic carbocycles. The van der Waals surface area contributed by atoms with E-state index in [1.54, 1.807) is 19.9 Å². The maximum Gasteiger partial charge on any atom is 0.412 e. The summed E-state index contributed by atoms with van der Waals surface area (Å²) in [6.45, 7) is 3.26. The second-order valence-corrected chi connectivity index (χ2v) is 5.32. The van der Waals surface area contributed by atoms with Gasteiger partial charge in [-0.05, 0) is 19.4 Å². The van der Waals surface area contributed by atoms with Gasteiger partial charge in [0.05, 0.1) is 0 Å². The Kier molecular flexibility index (Phi) is 4.63. The van der Waals surface area contributed by atoms with Crippen molar-refractivity contribution in [3.63, 3.8) is 0 Å². The van der Waals surface area contributed by atoms with Crippen LogP contribution >= 0.6 is 0 Å². The number of halogens is 3. The molecule has 2 aromatic rings. The highest BCUT2D eigenvalue weighted by Gasteiger charge is 2.41. The van der Waals surface area contributed by atoms with Gasteiger partial charge in [0.2, 0.25) is 0 Å². The van der Waals surface area contributed by atoms with Crippen LogP contribution in [0.4, 0.5) is 19.0 Å². The third-order valence-corrected chi connectivity index (χ3v) is 3.24. The largest absolute Gasteiger partial charge is 0.412 e. The number of nitrogens with zero attached hydrogens (tertiary/aromatic N) is 1. The van der Waals surface area contributed by atoms with Crippen molar-refractivity contribution >= 4 is 5.82 Å². The molecule has 1 atom stereocenters. The molecule has 1 heterocycles. The number of benzene rings is 1. The van der Waals surface area contributed by atoms with Crippen molar-refractivity contribution in [3.05, 3.63) is 62.8 Å². The first-order valence-corrected chi connectivity index (χ1v) is 6.94. The van der Waals surface area contributed by atoms with Gasteiger partial charge in [0.15, 0.2) is 0 Å². The van der Waals surface area contributed by atoms with E-state index in [-0.39, 0.29) is 11.4 Å². The molecule has 2 N–H and O–H groups in total. The molecule has 0 amide bonds. The summed E-state index contributed by atoms with van der Waals surface area (Å²) in [6, 6.07) is 5.72. The molecule has 23 heavy (non-hydrogen) atoms. The zero-order chi connectivity index (χ0) is 17.2. The van der Waals surface area contributed by atoms with Crippen LogP contribution in [0.3, 0.4) is 0 Å². The average Bonchev–Trinajstić information content (AvgIpc) is 2.43. The van der Waals surface area contributed by atoms with Gasteiger partial charge in [-0.1, -0.05) is 30.3 Å². The summed E-state index contributed by atoms with van der Waals surface area (Å²) in [6.07, 6.45) is -4.59. The molecule has 5 nitrogen and oxygen atoms in total. The average molecular weight is 327 g/mol. The lowest BCUT2D eigenvalue weighted by Gasteiger charge is -2.23. The SMILES string of the molecule is CC(C)n1c(=O)cc(NC(c2ccccc2)C(F)(F)F)[nH]c1=O. The minimum Gasteiger partial charge on any atom is -0.356 e. The lowest BCUT2D eigenvalue weighted by Crippen LogP contribution is -2.37. The molecule has 0 saturated heterocycles.